The van der Waals surface area contributed by atoms with Crippen molar-refractivity contribution in [1.29, 1.82) is 0 Å². The van der Waals surface area contributed by atoms with E-state index in [-0.39, 0.29) is 18.6 Å². The second-order valence-corrected chi connectivity index (χ2v) is 6.53. The topological polar surface area (TPSA) is 77.5 Å². The maximum Gasteiger partial charge on any atom is 0.338 e. The van der Waals surface area contributed by atoms with E-state index in [9.17, 15) is 9.59 Å². The molecule has 0 spiro atoms. The molecule has 1 heterocycles. The highest BCUT2D eigenvalue weighted by Crippen LogP contribution is 2.16. The summed E-state index contributed by atoms with van der Waals surface area (Å²) < 4.78 is 10.6. The summed E-state index contributed by atoms with van der Waals surface area (Å²) in [4.78, 5) is 27.6. The molecular formula is C17H20N2O4S. The Bertz CT molecular complexity index is 695. The summed E-state index contributed by atoms with van der Waals surface area (Å²) in [6.07, 6.45) is 0. The summed E-state index contributed by atoms with van der Waals surface area (Å²) in [6.45, 7) is 5.70. The summed E-state index contributed by atoms with van der Waals surface area (Å²) in [5, 5.41) is 5.59. The normalized spacial score (nSPS) is 10.5. The SMILES string of the molecule is Cc1nc(COc2ccc(C(=O)OCC(=O)NC(C)C)cc2)cs1. The molecule has 2 aromatic rings. The Kier molecular flexibility index (Phi) is 6.31. The smallest absolute Gasteiger partial charge is 0.338 e. The van der Waals surface area contributed by atoms with Gasteiger partial charge in [0, 0.05) is 11.4 Å². The van der Waals surface area contributed by atoms with Gasteiger partial charge in [0.15, 0.2) is 6.61 Å². The van der Waals surface area contributed by atoms with Crippen LogP contribution < -0.4 is 10.1 Å². The Morgan fingerprint density at radius 3 is 2.54 bits per heavy atom. The molecule has 2 rings (SSSR count). The molecule has 0 bridgehead atoms. The van der Waals surface area contributed by atoms with Gasteiger partial charge in [-0.15, -0.1) is 11.3 Å². The molecule has 0 saturated carbocycles. The molecular weight excluding hydrogens is 328 g/mol. The van der Waals surface area contributed by atoms with E-state index < -0.39 is 5.97 Å². The molecule has 0 aliphatic rings. The summed E-state index contributed by atoms with van der Waals surface area (Å²) in [5.74, 6) is -0.234. The molecule has 7 heteroatoms. The number of aromatic nitrogens is 1. The first-order valence-corrected chi connectivity index (χ1v) is 8.42. The second kappa shape index (κ2) is 8.44. The zero-order valence-corrected chi connectivity index (χ0v) is 14.7. The number of hydrogen-bond acceptors (Lipinski definition) is 6. The van der Waals surface area contributed by atoms with E-state index in [1.54, 1.807) is 35.6 Å². The molecule has 0 radical (unpaired) electrons. The van der Waals surface area contributed by atoms with Crippen molar-refractivity contribution < 1.29 is 19.1 Å². The molecule has 0 saturated heterocycles. The maximum atomic E-state index is 11.9. The van der Waals surface area contributed by atoms with Crippen LogP contribution >= 0.6 is 11.3 Å². The first kappa shape index (κ1) is 17.9. The highest BCUT2D eigenvalue weighted by atomic mass is 32.1. The van der Waals surface area contributed by atoms with E-state index in [0.29, 0.717) is 17.9 Å². The van der Waals surface area contributed by atoms with E-state index >= 15 is 0 Å². The fraction of sp³-hybridized carbons (Fsp3) is 0.353. The van der Waals surface area contributed by atoms with Gasteiger partial charge in [-0.05, 0) is 45.0 Å². The summed E-state index contributed by atoms with van der Waals surface area (Å²) >= 11 is 1.57. The number of hydrogen-bond donors (Lipinski definition) is 1. The number of nitrogens with zero attached hydrogens (tertiary/aromatic N) is 1. The Morgan fingerprint density at radius 2 is 1.96 bits per heavy atom. The number of thiazole rings is 1. The number of rotatable bonds is 7. The van der Waals surface area contributed by atoms with E-state index in [0.717, 1.165) is 10.7 Å². The van der Waals surface area contributed by atoms with Crippen molar-refractivity contribution >= 4 is 23.2 Å². The minimum atomic E-state index is -0.546. The summed E-state index contributed by atoms with van der Waals surface area (Å²) in [7, 11) is 0. The lowest BCUT2D eigenvalue weighted by Crippen LogP contribution is -2.33. The van der Waals surface area contributed by atoms with E-state index in [1.165, 1.54) is 0 Å². The van der Waals surface area contributed by atoms with Crippen LogP contribution in [0.1, 0.15) is 34.9 Å². The first-order valence-electron chi connectivity index (χ1n) is 7.54. The molecule has 1 aromatic carbocycles. The summed E-state index contributed by atoms with van der Waals surface area (Å²) in [6, 6.07) is 6.58. The zero-order chi connectivity index (χ0) is 17.5. The van der Waals surface area contributed by atoms with Crippen LogP contribution in [0.5, 0.6) is 5.75 Å². The number of carbonyl (C=O) groups is 2. The highest BCUT2D eigenvalue weighted by Gasteiger charge is 2.11. The van der Waals surface area contributed by atoms with Crippen molar-refractivity contribution in [3.05, 3.63) is 45.9 Å². The molecule has 1 N–H and O–H groups in total. The van der Waals surface area contributed by atoms with Crippen LogP contribution in [-0.4, -0.2) is 29.5 Å². The molecule has 0 unspecified atom stereocenters. The number of esters is 1. The third-order valence-electron chi connectivity index (χ3n) is 2.93. The standard InChI is InChI=1S/C17H20N2O4S/c1-11(2)18-16(20)9-23-17(21)13-4-6-15(7-5-13)22-8-14-10-24-12(3)19-14/h4-7,10-11H,8-9H2,1-3H3,(H,18,20). The molecule has 0 aliphatic carbocycles. The fourth-order valence-corrected chi connectivity index (χ4v) is 2.49. The van der Waals surface area contributed by atoms with Crippen molar-refractivity contribution in [3.8, 4) is 5.75 Å². The van der Waals surface area contributed by atoms with E-state index in [2.05, 4.69) is 10.3 Å². The van der Waals surface area contributed by atoms with Crippen LogP contribution in [0.3, 0.4) is 0 Å². The van der Waals surface area contributed by atoms with Crippen LogP contribution in [0.15, 0.2) is 29.6 Å². The van der Waals surface area contributed by atoms with Crippen LogP contribution in [-0.2, 0) is 16.1 Å². The highest BCUT2D eigenvalue weighted by molar-refractivity contribution is 7.09. The van der Waals surface area contributed by atoms with Crippen molar-refractivity contribution in [2.45, 2.75) is 33.4 Å². The van der Waals surface area contributed by atoms with Gasteiger partial charge in [-0.25, -0.2) is 9.78 Å². The lowest BCUT2D eigenvalue weighted by Gasteiger charge is -2.09. The molecule has 128 valence electrons. The minimum absolute atomic E-state index is 0.00846. The predicted molar refractivity (Wildman–Crippen MR) is 91.2 cm³/mol. The van der Waals surface area contributed by atoms with E-state index in [1.807, 2.05) is 26.2 Å². The quantitative estimate of drug-likeness (QED) is 0.779. The number of ether oxygens (including phenoxy) is 2. The van der Waals surface area contributed by atoms with Gasteiger partial charge in [-0.2, -0.15) is 0 Å². The Morgan fingerprint density at radius 1 is 1.25 bits per heavy atom. The molecule has 0 fully saturated rings. The molecule has 6 nitrogen and oxygen atoms in total. The Balaban J connectivity index is 1.82. The van der Waals surface area contributed by atoms with Gasteiger partial charge in [0.2, 0.25) is 0 Å². The maximum absolute atomic E-state index is 11.9. The first-order chi connectivity index (χ1) is 11.4. The van der Waals surface area contributed by atoms with Crippen LogP contribution in [0.25, 0.3) is 0 Å². The van der Waals surface area contributed by atoms with Gasteiger partial charge >= 0.3 is 5.97 Å². The van der Waals surface area contributed by atoms with Crippen molar-refractivity contribution in [2.75, 3.05) is 6.61 Å². The average molecular weight is 348 g/mol. The van der Waals surface area contributed by atoms with Crippen LogP contribution in [0.2, 0.25) is 0 Å². The molecule has 0 atom stereocenters. The van der Waals surface area contributed by atoms with Crippen molar-refractivity contribution in [2.24, 2.45) is 0 Å². The second-order valence-electron chi connectivity index (χ2n) is 5.47. The molecule has 0 aliphatic heterocycles. The monoisotopic (exact) mass is 348 g/mol. The Hall–Kier alpha value is -2.41. The van der Waals surface area contributed by atoms with Gasteiger partial charge < -0.3 is 14.8 Å². The van der Waals surface area contributed by atoms with Crippen molar-refractivity contribution in [1.82, 2.24) is 10.3 Å². The minimum Gasteiger partial charge on any atom is -0.487 e. The van der Waals surface area contributed by atoms with Crippen molar-refractivity contribution in [3.63, 3.8) is 0 Å². The van der Waals surface area contributed by atoms with Crippen LogP contribution in [0.4, 0.5) is 0 Å². The van der Waals surface area contributed by atoms with Gasteiger partial charge in [0.25, 0.3) is 5.91 Å². The van der Waals surface area contributed by atoms with Gasteiger partial charge in [0.05, 0.1) is 16.3 Å². The number of nitrogens with one attached hydrogen (secondary N) is 1. The number of benzene rings is 1. The average Bonchev–Trinajstić information content (AvgIpc) is 2.96. The van der Waals surface area contributed by atoms with E-state index in [4.69, 9.17) is 9.47 Å². The predicted octanol–water partition coefficient (Wildman–Crippen LogP) is 2.71. The van der Waals surface area contributed by atoms with Gasteiger partial charge in [0.1, 0.15) is 12.4 Å². The molecule has 24 heavy (non-hydrogen) atoms. The van der Waals surface area contributed by atoms with Gasteiger partial charge in [-0.1, -0.05) is 0 Å². The lowest BCUT2D eigenvalue weighted by molar-refractivity contribution is -0.124. The fourth-order valence-electron chi connectivity index (χ4n) is 1.90. The Labute approximate surface area is 144 Å². The molecule has 1 amide bonds. The number of carbonyl (C=O) groups excluding carboxylic acids is 2. The number of aryl methyl sites for hydroxylation is 1. The van der Waals surface area contributed by atoms with Gasteiger partial charge in [-0.3, -0.25) is 4.79 Å². The number of amides is 1. The zero-order valence-electron chi connectivity index (χ0n) is 13.9. The molecule has 1 aromatic heterocycles. The lowest BCUT2D eigenvalue weighted by atomic mass is 10.2. The summed E-state index contributed by atoms with van der Waals surface area (Å²) in [5.41, 5.74) is 1.24. The third-order valence-corrected chi connectivity index (χ3v) is 3.75. The largest absolute Gasteiger partial charge is 0.487 e. The third kappa shape index (κ3) is 5.66. The van der Waals surface area contributed by atoms with Crippen LogP contribution in [0, 0.1) is 6.92 Å².